The van der Waals surface area contributed by atoms with Gasteiger partial charge in [-0.2, -0.15) is 0 Å². The Hall–Kier alpha value is -1.26. The summed E-state index contributed by atoms with van der Waals surface area (Å²) in [7, 11) is 0. The third kappa shape index (κ3) is 4.63. The third-order valence-corrected chi connectivity index (χ3v) is 2.31. The molecule has 0 saturated carbocycles. The van der Waals surface area contributed by atoms with Crippen LogP contribution in [0, 0.1) is 6.92 Å². The lowest BCUT2D eigenvalue weighted by molar-refractivity contribution is -0.126. The van der Waals surface area contributed by atoms with E-state index in [1.807, 2.05) is 19.9 Å². The van der Waals surface area contributed by atoms with Crippen LogP contribution in [0.1, 0.15) is 19.4 Å². The van der Waals surface area contributed by atoms with Crippen molar-refractivity contribution in [1.29, 1.82) is 0 Å². The molecule has 1 aromatic carbocycles. The van der Waals surface area contributed by atoms with Crippen molar-refractivity contribution in [2.75, 3.05) is 17.7 Å². The highest BCUT2D eigenvalue weighted by molar-refractivity contribution is 5.95. The fraction of sp³-hybridized carbons (Fsp3) is 0.417. The number of rotatable bonds is 4. The number of hydrogen-bond acceptors (Lipinski definition) is 3. The van der Waals surface area contributed by atoms with Crippen LogP contribution in [0.3, 0.4) is 0 Å². The Balaban J connectivity index is 0.00000256. The number of anilines is 2. The molecule has 0 aliphatic heterocycles. The predicted octanol–water partition coefficient (Wildman–Crippen LogP) is 2.36. The van der Waals surface area contributed by atoms with Gasteiger partial charge in [0, 0.05) is 18.0 Å². The second kappa shape index (κ2) is 7.14. The van der Waals surface area contributed by atoms with Crippen LogP contribution in [0.2, 0.25) is 0 Å². The van der Waals surface area contributed by atoms with Crippen LogP contribution in [0.25, 0.3) is 0 Å². The molecule has 4 nitrogen and oxygen atoms in total. The van der Waals surface area contributed by atoms with Gasteiger partial charge in [-0.25, -0.2) is 0 Å². The molecule has 0 aliphatic rings. The smallest absolute Gasteiger partial charge is 0.253 e. The first-order chi connectivity index (χ1) is 7.54. The summed E-state index contributed by atoms with van der Waals surface area (Å²) in [5.41, 5.74) is 8.00. The van der Waals surface area contributed by atoms with Crippen molar-refractivity contribution in [2.45, 2.75) is 26.9 Å². The Morgan fingerprint density at radius 1 is 1.53 bits per heavy atom. The van der Waals surface area contributed by atoms with Crippen molar-refractivity contribution in [3.05, 3.63) is 23.8 Å². The molecule has 1 rings (SSSR count). The van der Waals surface area contributed by atoms with Gasteiger partial charge in [0.2, 0.25) is 0 Å². The highest BCUT2D eigenvalue weighted by atomic mass is 35.5. The van der Waals surface area contributed by atoms with Crippen molar-refractivity contribution < 1.29 is 9.53 Å². The molecule has 96 valence electrons. The summed E-state index contributed by atoms with van der Waals surface area (Å²) >= 11 is 0. The summed E-state index contributed by atoms with van der Waals surface area (Å²) in [6, 6.07) is 5.42. The molecule has 17 heavy (non-hydrogen) atoms. The highest BCUT2D eigenvalue weighted by Gasteiger charge is 2.13. The van der Waals surface area contributed by atoms with Gasteiger partial charge in [-0.1, -0.05) is 6.07 Å². The van der Waals surface area contributed by atoms with Crippen LogP contribution in [0.15, 0.2) is 18.2 Å². The first-order valence-corrected chi connectivity index (χ1v) is 5.33. The maximum Gasteiger partial charge on any atom is 0.253 e. The molecule has 0 saturated heterocycles. The SMILES string of the molecule is CCOC(C)C(=O)Nc1cc(N)ccc1C.Cl. The van der Waals surface area contributed by atoms with Crippen LogP contribution in [0.4, 0.5) is 11.4 Å². The molecule has 0 spiro atoms. The predicted molar refractivity (Wildman–Crippen MR) is 72.6 cm³/mol. The zero-order valence-corrected chi connectivity index (χ0v) is 11.1. The number of nitrogens with two attached hydrogens (primary N) is 1. The molecule has 5 heteroatoms. The minimum atomic E-state index is -0.453. The number of nitrogen functional groups attached to an aromatic ring is 1. The molecule has 1 amide bonds. The third-order valence-electron chi connectivity index (χ3n) is 2.31. The van der Waals surface area contributed by atoms with E-state index < -0.39 is 6.10 Å². The van der Waals surface area contributed by atoms with E-state index in [0.29, 0.717) is 12.3 Å². The molecule has 1 atom stereocenters. The normalized spacial score (nSPS) is 11.5. The number of ether oxygens (including phenoxy) is 1. The fourth-order valence-electron chi connectivity index (χ4n) is 1.33. The zero-order chi connectivity index (χ0) is 12.1. The van der Waals surface area contributed by atoms with Crippen LogP contribution in [-0.4, -0.2) is 18.6 Å². The first kappa shape index (κ1) is 15.7. The number of carbonyl (C=O) groups is 1. The average Bonchev–Trinajstić information content (AvgIpc) is 2.23. The maximum absolute atomic E-state index is 11.7. The number of carbonyl (C=O) groups excluding carboxylic acids is 1. The van der Waals surface area contributed by atoms with Crippen molar-refractivity contribution in [1.82, 2.24) is 0 Å². The Bertz CT molecular complexity index is 383. The van der Waals surface area contributed by atoms with E-state index in [9.17, 15) is 4.79 Å². The van der Waals surface area contributed by atoms with Crippen molar-refractivity contribution in [3.63, 3.8) is 0 Å². The first-order valence-electron chi connectivity index (χ1n) is 5.33. The van der Waals surface area contributed by atoms with Gasteiger partial charge in [-0.05, 0) is 38.5 Å². The minimum Gasteiger partial charge on any atom is -0.399 e. The molecule has 0 heterocycles. The second-order valence-electron chi connectivity index (χ2n) is 3.66. The van der Waals surface area contributed by atoms with Gasteiger partial charge in [0.15, 0.2) is 0 Å². The van der Waals surface area contributed by atoms with Crippen LogP contribution < -0.4 is 11.1 Å². The summed E-state index contributed by atoms with van der Waals surface area (Å²) in [5, 5.41) is 2.79. The second-order valence-corrected chi connectivity index (χ2v) is 3.66. The quantitative estimate of drug-likeness (QED) is 0.815. The molecule has 1 unspecified atom stereocenters. The van der Waals surface area contributed by atoms with Gasteiger partial charge in [-0.15, -0.1) is 12.4 Å². The van der Waals surface area contributed by atoms with E-state index >= 15 is 0 Å². The van der Waals surface area contributed by atoms with Gasteiger partial charge in [0.05, 0.1) is 0 Å². The largest absolute Gasteiger partial charge is 0.399 e. The Labute approximate surface area is 108 Å². The molecule has 1 aromatic rings. The van der Waals surface area contributed by atoms with Crippen LogP contribution in [0.5, 0.6) is 0 Å². The summed E-state index contributed by atoms with van der Waals surface area (Å²) < 4.78 is 5.20. The number of halogens is 1. The molecular formula is C12H19ClN2O2. The number of hydrogen-bond donors (Lipinski definition) is 2. The lowest BCUT2D eigenvalue weighted by atomic mass is 10.2. The van der Waals surface area contributed by atoms with Crippen molar-refractivity contribution >= 4 is 29.7 Å². The van der Waals surface area contributed by atoms with Crippen molar-refractivity contribution in [2.24, 2.45) is 0 Å². The number of nitrogens with one attached hydrogen (secondary N) is 1. The van der Waals surface area contributed by atoms with E-state index in [1.165, 1.54) is 0 Å². The Morgan fingerprint density at radius 2 is 2.18 bits per heavy atom. The van der Waals surface area contributed by atoms with Gasteiger partial charge in [0.25, 0.3) is 5.91 Å². The molecule has 0 aliphatic carbocycles. The van der Waals surface area contributed by atoms with Crippen LogP contribution in [-0.2, 0) is 9.53 Å². The summed E-state index contributed by atoms with van der Waals surface area (Å²) in [6.07, 6.45) is -0.453. The standard InChI is InChI=1S/C12H18N2O2.ClH/c1-4-16-9(3)12(15)14-11-7-10(13)6-5-8(11)2;/h5-7,9H,4,13H2,1-3H3,(H,14,15);1H. The van der Waals surface area contributed by atoms with Gasteiger partial charge in [-0.3, -0.25) is 4.79 Å². The maximum atomic E-state index is 11.7. The van der Waals surface area contributed by atoms with Gasteiger partial charge >= 0.3 is 0 Å². The van der Waals surface area contributed by atoms with E-state index in [0.717, 1.165) is 11.3 Å². The summed E-state index contributed by atoms with van der Waals surface area (Å²) in [4.78, 5) is 11.7. The van der Waals surface area contributed by atoms with E-state index in [4.69, 9.17) is 10.5 Å². The zero-order valence-electron chi connectivity index (χ0n) is 10.3. The average molecular weight is 259 g/mol. The monoisotopic (exact) mass is 258 g/mol. The summed E-state index contributed by atoms with van der Waals surface area (Å²) in [5.74, 6) is -0.157. The minimum absolute atomic E-state index is 0. The molecule has 0 radical (unpaired) electrons. The van der Waals surface area contributed by atoms with Crippen LogP contribution >= 0.6 is 12.4 Å². The van der Waals surface area contributed by atoms with E-state index in [1.54, 1.807) is 19.1 Å². The fourth-order valence-corrected chi connectivity index (χ4v) is 1.33. The molecule has 0 aromatic heterocycles. The van der Waals surface area contributed by atoms with Gasteiger partial charge in [0.1, 0.15) is 6.10 Å². The molecular weight excluding hydrogens is 240 g/mol. The number of benzene rings is 1. The van der Waals surface area contributed by atoms with E-state index in [2.05, 4.69) is 5.32 Å². The molecule has 0 bridgehead atoms. The Kier molecular flexibility index (Phi) is 6.61. The molecule has 0 fully saturated rings. The summed E-state index contributed by atoms with van der Waals surface area (Å²) in [6.45, 7) is 6.01. The van der Waals surface area contributed by atoms with E-state index in [-0.39, 0.29) is 18.3 Å². The van der Waals surface area contributed by atoms with Gasteiger partial charge < -0.3 is 15.8 Å². The van der Waals surface area contributed by atoms with Crippen molar-refractivity contribution in [3.8, 4) is 0 Å². The highest BCUT2D eigenvalue weighted by Crippen LogP contribution is 2.18. The molecule has 3 N–H and O–H groups in total. The lowest BCUT2D eigenvalue weighted by Crippen LogP contribution is -2.28. The number of amides is 1. The lowest BCUT2D eigenvalue weighted by Gasteiger charge is -2.13. The number of aryl methyl sites for hydroxylation is 1. The Morgan fingerprint density at radius 3 is 2.76 bits per heavy atom. The topological polar surface area (TPSA) is 64.3 Å².